The van der Waals surface area contributed by atoms with Crippen LogP contribution in [0.5, 0.6) is 0 Å². The van der Waals surface area contributed by atoms with E-state index in [0.717, 1.165) is 57.8 Å². The van der Waals surface area contributed by atoms with Gasteiger partial charge in [-0.3, -0.25) is 28.8 Å². The van der Waals surface area contributed by atoms with Gasteiger partial charge in [0.1, 0.15) is 69.7 Å². The van der Waals surface area contributed by atoms with Gasteiger partial charge in [0.2, 0.25) is 52.9 Å². The first-order chi connectivity index (χ1) is 63.8. The van der Waals surface area contributed by atoms with Crippen molar-refractivity contribution in [1.29, 1.82) is 0 Å². The first kappa shape index (κ1) is 128. The number of rotatable bonds is 12. The summed E-state index contributed by atoms with van der Waals surface area (Å²) in [4.78, 5) is 167. The van der Waals surface area contributed by atoms with E-state index in [2.05, 4.69) is 78.1 Å². The zero-order valence-corrected chi connectivity index (χ0v) is 94.0. The second-order valence-corrected chi connectivity index (χ2v) is 41.0. The summed E-state index contributed by atoms with van der Waals surface area (Å²) >= 11 is 36.9. The van der Waals surface area contributed by atoms with Crippen molar-refractivity contribution in [2.45, 2.75) is 285 Å². The van der Waals surface area contributed by atoms with Crippen LogP contribution < -0.4 is 31.9 Å². The number of halogens is 6. The Bertz CT molecular complexity index is 5610. The molecule has 6 aromatic rings. The van der Waals surface area contributed by atoms with Crippen molar-refractivity contribution in [3.8, 4) is 34.2 Å². The molecule has 15 atom stereocenters. The average molecular weight is 2290 g/mol. The molecule has 15 rings (SSSR count). The van der Waals surface area contributed by atoms with E-state index in [-0.39, 0.29) is 215 Å². The number of alkyl carbamates (subject to hydrolysis) is 3. The van der Waals surface area contributed by atoms with E-state index in [1.165, 1.54) is 29.1 Å². The van der Waals surface area contributed by atoms with Gasteiger partial charge in [0.05, 0.1) is 33.2 Å². The topological polar surface area (TPSA) is 506 Å². The Balaban J connectivity index is 0.000000437. The fraction of sp³-hybridized carbons (Fsp3) is 0.567. The van der Waals surface area contributed by atoms with Crippen molar-refractivity contribution in [1.82, 2.24) is 107 Å². The number of hydrogen-bond donors (Lipinski definition) is 9. The van der Waals surface area contributed by atoms with E-state index >= 15 is 0 Å². The summed E-state index contributed by atoms with van der Waals surface area (Å²) in [6, 6.07) is 6.91. The summed E-state index contributed by atoms with van der Waals surface area (Å²) in [5, 5.41) is 87.3. The van der Waals surface area contributed by atoms with Crippen LogP contribution in [0.1, 0.15) is 215 Å². The second kappa shape index (κ2) is 54.5. The van der Waals surface area contributed by atoms with Crippen LogP contribution >= 0.6 is 191 Å². The average Bonchev–Trinajstić information content (AvgIpc) is 1.59. The lowest BCUT2D eigenvalue weighted by molar-refractivity contribution is -0.146. The van der Waals surface area contributed by atoms with Crippen LogP contribution in [0, 0.1) is 17.8 Å². The SMILES string of the molecule is CC(C)(C)OC(=O)N[C@H]1CCCCC/C=C\[C@@H]2C[C@@]2(C(=O)O)NC(=O)[C@@H]2C[C@@H](n3nnc(-c4cc(Cl)cc(Cl)c4)n3)CN2C1=O.CC(C)(C)OC(=O)N[C@H]1CCCCC/C=C\[C@@H]2C[C@@]2(C(=O)O)NC(=O)[C@@H]2C[C@@H](n3nnc(-c4ccc(Cl)c(Cl)c4)n3)CN2C1=O.CC(C)(C)OC(=O)N[C@H]1CCCCC/C=C\[C@@H]2C[C@@]2(C(=O)O)NC(=O)[C@@H]2C[C@@H](n3nnc(-c4ccc(Cl)cc4Cl)n3)CN2C1=O.S.S.S.S.S.S.S.S.S. The molecule has 39 nitrogen and oxygen atoms in total. The molecule has 0 bridgehead atoms. The van der Waals surface area contributed by atoms with Crippen molar-refractivity contribution in [2.24, 2.45) is 17.8 Å². The van der Waals surface area contributed by atoms with Crippen LogP contribution in [0.2, 0.25) is 30.1 Å². The molecular formula is C90H129Cl6N21O18S9. The first-order valence-electron chi connectivity index (χ1n) is 45.1. The molecule has 9 amide bonds. The van der Waals surface area contributed by atoms with Crippen LogP contribution in [0.25, 0.3) is 34.2 Å². The van der Waals surface area contributed by atoms with Crippen LogP contribution in [-0.4, -0.2) is 252 Å². The minimum absolute atomic E-state index is 0. The zero-order chi connectivity index (χ0) is 97.6. The number of nitrogens with one attached hydrogen (secondary N) is 6. The number of carboxylic acid groups (broad SMARTS) is 3. The molecule has 0 radical (unpaired) electrons. The third-order valence-electron chi connectivity index (χ3n) is 24.7. The minimum Gasteiger partial charge on any atom is -0.479 e. The van der Waals surface area contributed by atoms with Crippen molar-refractivity contribution in [3.63, 3.8) is 0 Å². The maximum atomic E-state index is 14.1. The standard InChI is InChI=1S/3C30H37Cl2N7O6.9H2S/c1-29(2,3)45-28(44)33-22-10-8-6-4-5-7-9-18-15-30(18,27(42)43)34-25(40)23-14-21(16-38(23)26(22)41)39-36-24(35-37-39)17-11-19(31)13-20(32)12-17;1-29(2,3)45-28(44)33-22-10-8-6-4-5-7-9-18-15-30(18,27(42)43)34-25(40)23-14-19(16-38(23)26(22)41)39-36-24(35-37-39)17-11-12-20(31)21(32)13-17;1-29(2,3)45-28(44)33-22-10-8-6-4-5-7-9-17-15-30(17,27(42)43)34-25(40)23-14-19(16-38(23)26(22)41)39-36-24(35-37-39)20-12-11-18(31)13-21(20)32;;;;;;;;;/h7,9,11-13,18,21-23H,4-6,8,10,14-16H2,1-3H3,(H,33,44)(H,34,40)(H,42,43);7,9,11-13,18-19,22-23H,4-6,8,10,14-16H2,1-3H3,(H,33,44)(H,34,40)(H,42,43);7,9,11-13,17,19,22-23H,4-6,8,10,14-16H2,1-3H3,(H,33,44)(H,34,40)(H,42,43);9*1H2/b3*9-7-;;;;;;;;;/t18-,21-,22+,23+,30-;18-,19-,22+,23+,30-;17-,19-,22+,23+,30-;;;;;;;;;/m111........./s1. The van der Waals surface area contributed by atoms with Crippen LogP contribution in [0.4, 0.5) is 14.4 Å². The quantitative estimate of drug-likeness (QED) is 0.0406. The monoisotopic (exact) mass is 2290 g/mol. The van der Waals surface area contributed by atoms with Crippen LogP contribution in [0.3, 0.4) is 0 Å². The first-order valence-corrected chi connectivity index (χ1v) is 47.4. The number of tetrazole rings is 3. The maximum Gasteiger partial charge on any atom is 0.408 e. The Morgan fingerprint density at radius 1 is 0.382 bits per heavy atom. The Morgan fingerprint density at radius 3 is 1.01 bits per heavy atom. The van der Waals surface area contributed by atoms with Gasteiger partial charge < -0.3 is 76.1 Å². The van der Waals surface area contributed by atoms with E-state index in [1.807, 2.05) is 36.5 Å². The van der Waals surface area contributed by atoms with Gasteiger partial charge in [0, 0.05) is 88.4 Å². The van der Waals surface area contributed by atoms with Gasteiger partial charge in [-0.15, -0.1) is 30.6 Å². The van der Waals surface area contributed by atoms with Crippen LogP contribution in [0.15, 0.2) is 91.1 Å². The minimum atomic E-state index is -1.45. The highest BCUT2D eigenvalue weighted by Gasteiger charge is 2.64. The van der Waals surface area contributed by atoms with Gasteiger partial charge in [0.15, 0.2) is 0 Å². The third-order valence-corrected chi connectivity index (χ3v) is 26.4. The Hall–Kier alpha value is -7.98. The van der Waals surface area contributed by atoms with Crippen LogP contribution in [-0.2, 0) is 57.4 Å². The summed E-state index contributed by atoms with van der Waals surface area (Å²) in [6.07, 6.45) is 20.3. The lowest BCUT2D eigenvalue weighted by Crippen LogP contribution is -2.56. The summed E-state index contributed by atoms with van der Waals surface area (Å²) in [6.45, 7) is 15.6. The molecular weight excluding hydrogens is 2160 g/mol. The number of nitrogens with zero attached hydrogens (tertiary/aromatic N) is 15. The summed E-state index contributed by atoms with van der Waals surface area (Å²) in [5.74, 6) is -6.91. The predicted molar refractivity (Wildman–Crippen MR) is 587 cm³/mol. The number of ether oxygens (including phenoxy) is 3. The molecule has 0 spiro atoms. The number of fused-ring (bicyclic) bond motifs is 6. The number of allylic oxidation sites excluding steroid dienone is 3. The number of hydrogen-bond acceptors (Lipinski definition) is 24. The third kappa shape index (κ3) is 32.5. The molecule has 9 aliphatic rings. The van der Waals surface area contributed by atoms with Crippen molar-refractivity contribution in [2.75, 3.05) is 19.6 Å². The van der Waals surface area contributed by atoms with Gasteiger partial charge in [-0.2, -0.15) is 136 Å². The summed E-state index contributed by atoms with van der Waals surface area (Å²) in [7, 11) is 0. The van der Waals surface area contributed by atoms with Crippen molar-refractivity contribution in [3.05, 3.63) is 121 Å². The van der Waals surface area contributed by atoms with Crippen molar-refractivity contribution >= 4 is 263 Å². The van der Waals surface area contributed by atoms with E-state index in [0.29, 0.717) is 85.4 Å². The van der Waals surface area contributed by atoms with E-state index < -0.39 is 159 Å². The van der Waals surface area contributed by atoms with Gasteiger partial charge in [-0.1, -0.05) is 145 Å². The zero-order valence-electron chi connectivity index (χ0n) is 80.5. The summed E-state index contributed by atoms with van der Waals surface area (Å²) in [5.41, 5.74) is -5.05. The molecule has 54 heteroatoms. The molecule has 798 valence electrons. The van der Waals surface area contributed by atoms with E-state index in [9.17, 15) is 72.9 Å². The maximum absolute atomic E-state index is 14.1. The molecule has 3 aliphatic carbocycles. The molecule has 6 aliphatic heterocycles. The number of benzene rings is 3. The molecule has 3 aromatic carbocycles. The fourth-order valence-electron chi connectivity index (χ4n) is 17.6. The Kier molecular flexibility index (Phi) is 48.5. The highest BCUT2D eigenvalue weighted by Crippen LogP contribution is 2.49. The van der Waals surface area contributed by atoms with Crippen molar-refractivity contribution < 1.29 is 87.1 Å². The van der Waals surface area contributed by atoms with E-state index in [4.69, 9.17) is 83.8 Å². The molecule has 144 heavy (non-hydrogen) atoms. The fourth-order valence-corrected chi connectivity index (χ4v) is 18.9. The number of aromatic nitrogens is 12. The lowest BCUT2D eigenvalue weighted by Gasteiger charge is -2.30. The molecule has 9 heterocycles. The van der Waals surface area contributed by atoms with Gasteiger partial charge in [-0.05, 0) is 210 Å². The second-order valence-electron chi connectivity index (χ2n) is 38.4. The Labute approximate surface area is 927 Å². The van der Waals surface area contributed by atoms with Gasteiger partial charge >= 0.3 is 36.2 Å². The molecule has 6 fully saturated rings. The largest absolute Gasteiger partial charge is 0.479 e. The molecule has 0 unspecified atom stereocenters. The number of carboxylic acids is 3. The smallest absolute Gasteiger partial charge is 0.408 e. The number of carbonyl (C=O) groups excluding carboxylic acids is 9. The highest BCUT2D eigenvalue weighted by molar-refractivity contribution is 7.60. The lowest BCUT2D eigenvalue weighted by atomic mass is 10.0. The highest BCUT2D eigenvalue weighted by atomic mass is 35.5. The number of amides is 9. The molecule has 3 saturated carbocycles. The number of carbonyl (C=O) groups is 12. The predicted octanol–water partition coefficient (Wildman–Crippen LogP) is 13.5. The summed E-state index contributed by atoms with van der Waals surface area (Å²) < 4.78 is 16.3. The van der Waals surface area contributed by atoms with E-state index in [1.54, 1.807) is 117 Å². The molecule has 9 N–H and O–H groups in total. The molecule has 3 saturated heterocycles. The normalized spacial score (nSPS) is 26.4. The molecule has 3 aromatic heterocycles. The van der Waals surface area contributed by atoms with Gasteiger partial charge in [-0.25, -0.2) is 28.8 Å². The number of aliphatic carboxylic acids is 3. The van der Waals surface area contributed by atoms with Gasteiger partial charge in [0.25, 0.3) is 0 Å². The Morgan fingerprint density at radius 2 is 0.701 bits per heavy atom.